The maximum Gasteiger partial charge on any atom is 0.410 e. The number of rotatable bonds is 3. The Labute approximate surface area is 152 Å². The van der Waals surface area contributed by atoms with E-state index in [0.29, 0.717) is 0 Å². The quantitative estimate of drug-likeness (QED) is 0.633. The van der Waals surface area contributed by atoms with Gasteiger partial charge in [0.2, 0.25) is 0 Å². The molecule has 0 aliphatic heterocycles. The summed E-state index contributed by atoms with van der Waals surface area (Å²) in [5.74, 6) is 0.960. The minimum Gasteiger partial charge on any atom is -0.459 e. The van der Waals surface area contributed by atoms with Crippen molar-refractivity contribution in [3.05, 3.63) is 34.0 Å². The van der Waals surface area contributed by atoms with Gasteiger partial charge in [0.15, 0.2) is 0 Å². The number of hydrogen-bond acceptors (Lipinski definition) is 3. The number of benzene rings is 1. The number of nitrogens with zero attached hydrogens (tertiary/aromatic N) is 1. The van der Waals surface area contributed by atoms with Crippen LogP contribution in [0.4, 0.5) is 4.79 Å². The second kappa shape index (κ2) is 6.79. The van der Waals surface area contributed by atoms with Crippen LogP contribution < -0.4 is 0 Å². The van der Waals surface area contributed by atoms with Crippen LogP contribution in [0.2, 0.25) is 0 Å². The van der Waals surface area contributed by atoms with Crippen LogP contribution in [0.25, 0.3) is 11.0 Å². The monoisotopic (exact) mass is 395 g/mol. The minimum atomic E-state index is -0.526. The third kappa shape index (κ3) is 4.12. The number of aryl methyl sites for hydroxylation is 1. The van der Waals surface area contributed by atoms with Crippen LogP contribution in [0.15, 0.2) is 27.1 Å². The van der Waals surface area contributed by atoms with Gasteiger partial charge in [-0.15, -0.1) is 0 Å². The van der Waals surface area contributed by atoms with E-state index >= 15 is 0 Å². The number of ether oxygens (including phenoxy) is 1. The Kier molecular flexibility index (Phi) is 5.33. The third-order valence-electron chi connectivity index (χ3n) is 3.81. The summed E-state index contributed by atoms with van der Waals surface area (Å²) in [6.07, 6.45) is -0.348. The molecule has 5 heteroatoms. The van der Waals surface area contributed by atoms with Gasteiger partial charge in [0.05, 0.1) is 6.04 Å². The standard InChI is InChI=1S/C19H26BrNO3/c1-11(2)16(21(7)18(22)24-19(4,5)6)15-10-13-9-14(20)8-12(3)17(13)23-15/h8-11,16H,1-7H3. The molecule has 0 saturated heterocycles. The van der Waals surface area contributed by atoms with Gasteiger partial charge < -0.3 is 14.1 Å². The number of halogens is 1. The van der Waals surface area contributed by atoms with Gasteiger partial charge in [0.1, 0.15) is 16.9 Å². The predicted molar refractivity (Wildman–Crippen MR) is 100 cm³/mol. The molecule has 0 aliphatic carbocycles. The summed E-state index contributed by atoms with van der Waals surface area (Å²) in [7, 11) is 1.76. The molecule has 1 aromatic carbocycles. The summed E-state index contributed by atoms with van der Waals surface area (Å²) in [6, 6.07) is 5.88. The van der Waals surface area contributed by atoms with Crippen LogP contribution in [0.1, 0.15) is 52.0 Å². The second-order valence-corrected chi connectivity index (χ2v) is 8.49. The number of amides is 1. The van der Waals surface area contributed by atoms with Gasteiger partial charge in [0.25, 0.3) is 0 Å². The van der Waals surface area contributed by atoms with Crippen molar-refractivity contribution in [2.24, 2.45) is 5.92 Å². The zero-order chi connectivity index (χ0) is 18.2. The molecule has 0 spiro atoms. The molecule has 132 valence electrons. The van der Waals surface area contributed by atoms with Crippen LogP contribution in [-0.2, 0) is 4.74 Å². The van der Waals surface area contributed by atoms with Crippen molar-refractivity contribution in [2.45, 2.75) is 53.2 Å². The van der Waals surface area contributed by atoms with Crippen molar-refractivity contribution in [1.82, 2.24) is 4.90 Å². The summed E-state index contributed by atoms with van der Waals surface area (Å²) in [5.41, 5.74) is 1.40. The van der Waals surface area contributed by atoms with Crippen LogP contribution in [0.3, 0.4) is 0 Å². The van der Waals surface area contributed by atoms with Crippen molar-refractivity contribution < 1.29 is 13.9 Å². The smallest absolute Gasteiger partial charge is 0.410 e. The Morgan fingerprint density at radius 1 is 1.25 bits per heavy atom. The predicted octanol–water partition coefficient (Wildman–Crippen LogP) is 6.07. The summed E-state index contributed by atoms with van der Waals surface area (Å²) in [5, 5.41) is 1.03. The summed E-state index contributed by atoms with van der Waals surface area (Å²) < 4.78 is 12.6. The number of carbonyl (C=O) groups is 1. The highest BCUT2D eigenvalue weighted by Gasteiger charge is 2.31. The molecule has 2 aromatic rings. The lowest BCUT2D eigenvalue weighted by atomic mass is 10.0. The fourth-order valence-corrected chi connectivity index (χ4v) is 3.45. The van der Waals surface area contributed by atoms with Gasteiger partial charge in [-0.2, -0.15) is 0 Å². The Hall–Kier alpha value is -1.49. The van der Waals surface area contributed by atoms with E-state index in [4.69, 9.17) is 9.15 Å². The van der Waals surface area contributed by atoms with E-state index in [9.17, 15) is 4.79 Å². The van der Waals surface area contributed by atoms with Crippen molar-refractivity contribution >= 4 is 33.0 Å². The molecule has 0 saturated carbocycles. The average molecular weight is 396 g/mol. The summed E-state index contributed by atoms with van der Waals surface area (Å²) in [6.45, 7) is 11.8. The highest BCUT2D eigenvalue weighted by molar-refractivity contribution is 9.10. The number of hydrogen-bond donors (Lipinski definition) is 0. The Morgan fingerprint density at radius 2 is 1.88 bits per heavy atom. The Bertz CT molecular complexity index is 743. The second-order valence-electron chi connectivity index (χ2n) is 7.57. The largest absolute Gasteiger partial charge is 0.459 e. The van der Waals surface area contributed by atoms with Gasteiger partial charge in [0, 0.05) is 16.9 Å². The van der Waals surface area contributed by atoms with Crippen molar-refractivity contribution in [3.63, 3.8) is 0 Å². The van der Waals surface area contributed by atoms with Gasteiger partial charge in [-0.3, -0.25) is 0 Å². The SMILES string of the molecule is Cc1cc(Br)cc2cc(C(C(C)C)N(C)C(=O)OC(C)(C)C)oc12. The first-order chi connectivity index (χ1) is 11.0. The fourth-order valence-electron chi connectivity index (χ4n) is 2.86. The van der Waals surface area contributed by atoms with E-state index in [1.807, 2.05) is 45.9 Å². The molecular weight excluding hydrogens is 370 g/mol. The van der Waals surface area contributed by atoms with E-state index < -0.39 is 5.60 Å². The molecule has 2 rings (SSSR count). The first-order valence-electron chi connectivity index (χ1n) is 8.15. The topological polar surface area (TPSA) is 42.7 Å². The van der Waals surface area contributed by atoms with E-state index in [-0.39, 0.29) is 18.1 Å². The lowest BCUT2D eigenvalue weighted by molar-refractivity contribution is 0.0153. The molecule has 1 aromatic heterocycles. The van der Waals surface area contributed by atoms with Crippen LogP contribution >= 0.6 is 15.9 Å². The summed E-state index contributed by atoms with van der Waals surface area (Å²) >= 11 is 3.52. The van der Waals surface area contributed by atoms with Gasteiger partial charge in [-0.05, 0) is 57.4 Å². The molecule has 0 fully saturated rings. The zero-order valence-electron chi connectivity index (χ0n) is 15.4. The van der Waals surface area contributed by atoms with Crippen LogP contribution in [-0.4, -0.2) is 23.6 Å². The summed E-state index contributed by atoms with van der Waals surface area (Å²) in [4.78, 5) is 14.1. The Balaban J connectivity index is 2.41. The lowest BCUT2D eigenvalue weighted by Gasteiger charge is -2.31. The van der Waals surface area contributed by atoms with Crippen molar-refractivity contribution in [2.75, 3.05) is 7.05 Å². The zero-order valence-corrected chi connectivity index (χ0v) is 17.0. The molecular formula is C19H26BrNO3. The number of fused-ring (bicyclic) bond motifs is 1. The number of carbonyl (C=O) groups excluding carboxylic acids is 1. The van der Waals surface area contributed by atoms with Gasteiger partial charge in [-0.25, -0.2) is 4.79 Å². The first-order valence-corrected chi connectivity index (χ1v) is 8.94. The Morgan fingerprint density at radius 3 is 2.42 bits per heavy atom. The highest BCUT2D eigenvalue weighted by Crippen LogP contribution is 2.35. The molecule has 0 radical (unpaired) electrons. The third-order valence-corrected chi connectivity index (χ3v) is 4.27. The molecule has 1 unspecified atom stereocenters. The maximum absolute atomic E-state index is 12.5. The molecule has 1 atom stereocenters. The molecule has 1 amide bonds. The lowest BCUT2D eigenvalue weighted by Crippen LogP contribution is -2.38. The van der Waals surface area contributed by atoms with E-state index in [1.165, 1.54) is 0 Å². The number of furan rings is 1. The van der Waals surface area contributed by atoms with Crippen LogP contribution in [0, 0.1) is 12.8 Å². The molecule has 24 heavy (non-hydrogen) atoms. The molecule has 1 heterocycles. The molecule has 0 N–H and O–H groups in total. The molecule has 0 aliphatic rings. The van der Waals surface area contributed by atoms with E-state index in [1.54, 1.807) is 11.9 Å². The van der Waals surface area contributed by atoms with Crippen molar-refractivity contribution in [3.8, 4) is 0 Å². The van der Waals surface area contributed by atoms with E-state index in [2.05, 4.69) is 29.8 Å². The molecule has 4 nitrogen and oxygen atoms in total. The van der Waals surface area contributed by atoms with Gasteiger partial charge in [-0.1, -0.05) is 29.8 Å². The highest BCUT2D eigenvalue weighted by atomic mass is 79.9. The minimum absolute atomic E-state index is 0.187. The normalized spacial score (nSPS) is 13.4. The van der Waals surface area contributed by atoms with Gasteiger partial charge >= 0.3 is 6.09 Å². The van der Waals surface area contributed by atoms with Crippen molar-refractivity contribution in [1.29, 1.82) is 0 Å². The first kappa shape index (κ1) is 18.8. The molecule has 0 bridgehead atoms. The maximum atomic E-state index is 12.5. The van der Waals surface area contributed by atoms with E-state index in [0.717, 1.165) is 26.8 Å². The fraction of sp³-hybridized carbons (Fsp3) is 0.526. The average Bonchev–Trinajstić information content (AvgIpc) is 2.79. The van der Waals surface area contributed by atoms with Crippen LogP contribution in [0.5, 0.6) is 0 Å².